The Morgan fingerprint density at radius 1 is 0.976 bits per heavy atom. The van der Waals surface area contributed by atoms with Crippen LogP contribution in [0.2, 0.25) is 0 Å². The van der Waals surface area contributed by atoms with Crippen molar-refractivity contribution in [2.45, 2.75) is 37.8 Å². The van der Waals surface area contributed by atoms with Crippen LogP contribution in [0.3, 0.4) is 0 Å². The number of hydrogen-bond donors (Lipinski definition) is 2. The van der Waals surface area contributed by atoms with Gasteiger partial charge < -0.3 is 14.8 Å². The van der Waals surface area contributed by atoms with Crippen molar-refractivity contribution in [2.24, 2.45) is 0 Å². The number of nitrogens with zero attached hydrogens (tertiary/aromatic N) is 6. The van der Waals surface area contributed by atoms with E-state index >= 15 is 0 Å². The first-order valence-corrected chi connectivity index (χ1v) is 12.6. The zero-order chi connectivity index (χ0) is 30.2. The molecular weight excluding hydrogens is 582 g/mol. The van der Waals surface area contributed by atoms with E-state index in [0.717, 1.165) is 49.4 Å². The van der Waals surface area contributed by atoms with Gasteiger partial charge in [0, 0.05) is 43.6 Å². The molecule has 0 aromatic carbocycles. The first-order valence-electron chi connectivity index (χ1n) is 11.7. The van der Waals surface area contributed by atoms with Gasteiger partial charge in [0.05, 0.1) is 18.2 Å². The zero-order valence-electron chi connectivity index (χ0n) is 20.9. The Morgan fingerprint density at radius 2 is 1.61 bits per heavy atom. The van der Waals surface area contributed by atoms with Crippen LogP contribution in [0.4, 0.5) is 26.3 Å². The molecule has 41 heavy (non-hydrogen) atoms. The van der Waals surface area contributed by atoms with Gasteiger partial charge in [-0.2, -0.15) is 37.7 Å². The number of hydrogen-bond acceptors (Lipinski definition) is 8. The molecule has 0 bridgehead atoms. The SMILES string of the molecule is O=C(O)C(F)(F)F.O=C(O)C(F)(F)F.c1cncc(-c2cnc3ncn(C4CCN(Cc5ccsc5)CC4)c3n2)c1. The largest absolute Gasteiger partial charge is 0.490 e. The molecular formula is C24H22F6N6O4S. The first kappa shape index (κ1) is 31.4. The number of piperidine rings is 1. The molecule has 4 aromatic rings. The Morgan fingerprint density at radius 3 is 2.12 bits per heavy atom. The lowest BCUT2D eigenvalue weighted by Crippen LogP contribution is -2.34. The summed E-state index contributed by atoms with van der Waals surface area (Å²) in [6.45, 7) is 3.23. The van der Waals surface area contributed by atoms with Crippen LogP contribution in [0.5, 0.6) is 0 Å². The lowest BCUT2D eigenvalue weighted by Gasteiger charge is -2.32. The van der Waals surface area contributed by atoms with Crippen LogP contribution in [0, 0.1) is 0 Å². The summed E-state index contributed by atoms with van der Waals surface area (Å²) in [5.41, 5.74) is 4.81. The predicted molar refractivity (Wildman–Crippen MR) is 134 cm³/mol. The quantitative estimate of drug-likeness (QED) is 0.307. The molecule has 0 saturated carbocycles. The summed E-state index contributed by atoms with van der Waals surface area (Å²) in [5.74, 6) is -5.51. The average Bonchev–Trinajstić information content (AvgIpc) is 3.59. The Hall–Kier alpha value is -4.12. The van der Waals surface area contributed by atoms with Crippen LogP contribution in [0.1, 0.15) is 24.4 Å². The monoisotopic (exact) mass is 604 g/mol. The third-order valence-corrected chi connectivity index (χ3v) is 6.40. The van der Waals surface area contributed by atoms with E-state index in [9.17, 15) is 26.3 Å². The molecule has 5 rings (SSSR count). The second kappa shape index (κ2) is 13.5. The van der Waals surface area contributed by atoms with Gasteiger partial charge in [0.2, 0.25) is 0 Å². The number of rotatable bonds is 4. The maximum atomic E-state index is 10.6. The van der Waals surface area contributed by atoms with E-state index in [4.69, 9.17) is 24.8 Å². The minimum atomic E-state index is -5.08. The highest BCUT2D eigenvalue weighted by Crippen LogP contribution is 2.27. The highest BCUT2D eigenvalue weighted by Gasteiger charge is 2.38. The Balaban J connectivity index is 0.000000276. The van der Waals surface area contributed by atoms with Crippen molar-refractivity contribution in [3.8, 4) is 11.3 Å². The van der Waals surface area contributed by atoms with E-state index in [0.29, 0.717) is 11.7 Å². The summed E-state index contributed by atoms with van der Waals surface area (Å²) in [4.78, 5) is 38.3. The van der Waals surface area contributed by atoms with Gasteiger partial charge in [-0.15, -0.1) is 0 Å². The highest BCUT2D eigenvalue weighted by atomic mass is 32.1. The van der Waals surface area contributed by atoms with Gasteiger partial charge in [-0.25, -0.2) is 24.5 Å². The van der Waals surface area contributed by atoms with Crippen molar-refractivity contribution in [1.82, 2.24) is 29.4 Å². The molecule has 5 heterocycles. The zero-order valence-corrected chi connectivity index (χ0v) is 21.7. The van der Waals surface area contributed by atoms with E-state index in [1.54, 1.807) is 23.7 Å². The van der Waals surface area contributed by atoms with Crippen LogP contribution in [0.25, 0.3) is 22.6 Å². The highest BCUT2D eigenvalue weighted by molar-refractivity contribution is 7.07. The molecule has 0 spiro atoms. The van der Waals surface area contributed by atoms with Gasteiger partial charge in [-0.3, -0.25) is 9.88 Å². The molecule has 1 aliphatic rings. The summed E-state index contributed by atoms with van der Waals surface area (Å²) >= 11 is 1.77. The lowest BCUT2D eigenvalue weighted by atomic mass is 10.0. The van der Waals surface area contributed by atoms with Gasteiger partial charge in [-0.1, -0.05) is 0 Å². The normalized spacial score (nSPS) is 14.5. The van der Waals surface area contributed by atoms with Crippen molar-refractivity contribution < 1.29 is 46.1 Å². The number of halogens is 6. The fraction of sp³-hybridized carbons (Fsp3) is 0.333. The van der Waals surface area contributed by atoms with Crippen molar-refractivity contribution >= 4 is 34.6 Å². The molecule has 17 heteroatoms. The number of likely N-dealkylation sites (tertiary alicyclic amines) is 1. The fourth-order valence-corrected chi connectivity index (χ4v) is 4.39. The van der Waals surface area contributed by atoms with Crippen molar-refractivity contribution in [3.63, 3.8) is 0 Å². The summed E-state index contributed by atoms with van der Waals surface area (Å²) < 4.78 is 65.7. The summed E-state index contributed by atoms with van der Waals surface area (Å²) in [6.07, 6.45) is -0.692. The molecule has 220 valence electrons. The van der Waals surface area contributed by atoms with Gasteiger partial charge >= 0.3 is 24.3 Å². The molecule has 0 atom stereocenters. The van der Waals surface area contributed by atoms with Crippen LogP contribution in [-0.4, -0.2) is 77.0 Å². The second-order valence-electron chi connectivity index (χ2n) is 8.54. The van der Waals surface area contributed by atoms with Crippen LogP contribution < -0.4 is 0 Å². The molecule has 1 saturated heterocycles. The number of carboxylic acids is 2. The number of carbonyl (C=O) groups is 2. The average molecular weight is 605 g/mol. The number of fused-ring (bicyclic) bond motifs is 1. The molecule has 1 aliphatic heterocycles. The van der Waals surface area contributed by atoms with E-state index < -0.39 is 24.3 Å². The van der Waals surface area contributed by atoms with Crippen molar-refractivity contribution in [3.05, 3.63) is 59.4 Å². The van der Waals surface area contributed by atoms with Gasteiger partial charge in [0.1, 0.15) is 0 Å². The van der Waals surface area contributed by atoms with E-state index in [1.807, 2.05) is 24.7 Å². The number of aliphatic carboxylic acids is 2. The number of imidazole rings is 1. The van der Waals surface area contributed by atoms with Gasteiger partial charge in [0.25, 0.3) is 0 Å². The molecule has 10 nitrogen and oxygen atoms in total. The Bertz CT molecular complexity index is 1400. The Kier molecular flexibility index (Phi) is 10.3. The molecule has 0 aliphatic carbocycles. The predicted octanol–water partition coefficient (Wildman–Crippen LogP) is 5.05. The smallest absolute Gasteiger partial charge is 0.475 e. The standard InChI is InChI=1S/C20H20N6S.2C2HF3O2/c1-2-16(10-21-6-1)18-11-22-19-20(24-18)26(14-23-19)17-3-7-25(8-4-17)12-15-5-9-27-13-15;2*3-2(4,5)1(6)7/h1-2,5-6,9-11,13-14,17H,3-4,7-8,12H2;2*(H,6,7). The third-order valence-electron chi connectivity index (χ3n) is 5.66. The topological polar surface area (TPSA) is 134 Å². The van der Waals surface area contributed by atoms with Crippen LogP contribution in [-0.2, 0) is 16.1 Å². The maximum Gasteiger partial charge on any atom is 0.490 e. The van der Waals surface area contributed by atoms with Crippen molar-refractivity contribution in [2.75, 3.05) is 13.1 Å². The van der Waals surface area contributed by atoms with E-state index in [1.165, 1.54) is 5.56 Å². The second-order valence-corrected chi connectivity index (χ2v) is 9.32. The summed E-state index contributed by atoms with van der Waals surface area (Å²) in [5, 5.41) is 18.6. The minimum absolute atomic E-state index is 0.423. The summed E-state index contributed by atoms with van der Waals surface area (Å²) in [7, 11) is 0. The van der Waals surface area contributed by atoms with Crippen molar-refractivity contribution in [1.29, 1.82) is 0 Å². The summed E-state index contributed by atoms with van der Waals surface area (Å²) in [6, 6.07) is 6.57. The fourth-order valence-electron chi connectivity index (χ4n) is 3.73. The maximum absolute atomic E-state index is 10.6. The number of thiophene rings is 1. The van der Waals surface area contributed by atoms with Crippen LogP contribution in [0.15, 0.2) is 53.9 Å². The first-order chi connectivity index (χ1) is 19.3. The molecule has 0 unspecified atom stereocenters. The number of pyridine rings is 1. The third kappa shape index (κ3) is 9.21. The van der Waals surface area contributed by atoms with E-state index in [2.05, 4.69) is 41.2 Å². The minimum Gasteiger partial charge on any atom is -0.475 e. The number of alkyl halides is 6. The molecule has 1 fully saturated rings. The van der Waals surface area contributed by atoms with Gasteiger partial charge in [-0.05, 0) is 47.4 Å². The molecule has 4 aromatic heterocycles. The molecule has 0 amide bonds. The number of carboxylic acid groups (broad SMARTS) is 2. The van der Waals surface area contributed by atoms with E-state index in [-0.39, 0.29) is 0 Å². The lowest BCUT2D eigenvalue weighted by molar-refractivity contribution is -0.193. The van der Waals surface area contributed by atoms with Crippen LogP contribution >= 0.6 is 11.3 Å². The van der Waals surface area contributed by atoms with Gasteiger partial charge in [0.15, 0.2) is 11.3 Å². The Labute approximate surface area is 231 Å². The number of aromatic nitrogens is 5. The molecule has 0 radical (unpaired) electrons. The molecule has 2 N–H and O–H groups in total.